The minimum atomic E-state index is -0.206. The monoisotopic (exact) mass is 369 g/mol. The van der Waals surface area contributed by atoms with E-state index in [1.54, 1.807) is 0 Å². The van der Waals surface area contributed by atoms with Gasteiger partial charge in [-0.05, 0) is 42.1 Å². The number of hydrogen-bond donors (Lipinski definition) is 1. The number of halogens is 1. The van der Waals surface area contributed by atoms with E-state index in [0.717, 1.165) is 31.5 Å². The first-order chi connectivity index (χ1) is 13.3. The van der Waals surface area contributed by atoms with E-state index in [1.165, 1.54) is 24.0 Å². The standard InChI is InChI=1S/C22H24FNO3/c23-18-8-6-17(7-9-18)19-10-11-24-13-20(19)21(27-22-14-25-15-26-22)12-16-4-2-1-3-5-16/h1-9,14,19-21,24H,10-13,15H2. The van der Waals surface area contributed by atoms with E-state index in [0.29, 0.717) is 11.9 Å². The van der Waals surface area contributed by atoms with Crippen LogP contribution in [0.1, 0.15) is 23.5 Å². The number of ether oxygens (including phenoxy) is 3. The first kappa shape index (κ1) is 17.9. The Morgan fingerprint density at radius 1 is 1.11 bits per heavy atom. The lowest BCUT2D eigenvalue weighted by Gasteiger charge is -2.37. The van der Waals surface area contributed by atoms with Crippen LogP contribution in [0.3, 0.4) is 0 Å². The third-order valence-corrected chi connectivity index (χ3v) is 5.30. The Balaban J connectivity index is 1.59. The second kappa shape index (κ2) is 8.44. The number of benzene rings is 2. The van der Waals surface area contributed by atoms with Gasteiger partial charge < -0.3 is 19.5 Å². The summed E-state index contributed by atoms with van der Waals surface area (Å²) in [7, 11) is 0. The van der Waals surface area contributed by atoms with Crippen molar-refractivity contribution in [2.75, 3.05) is 19.9 Å². The van der Waals surface area contributed by atoms with Gasteiger partial charge in [0.25, 0.3) is 0 Å². The van der Waals surface area contributed by atoms with Crippen LogP contribution in [0.2, 0.25) is 0 Å². The number of piperidine rings is 1. The number of nitrogens with one attached hydrogen (secondary N) is 1. The summed E-state index contributed by atoms with van der Waals surface area (Å²) in [6, 6.07) is 17.2. The second-order valence-electron chi connectivity index (χ2n) is 7.03. The lowest BCUT2D eigenvalue weighted by Crippen LogP contribution is -2.43. The largest absolute Gasteiger partial charge is 0.459 e. The molecule has 4 nitrogen and oxygen atoms in total. The Morgan fingerprint density at radius 3 is 2.67 bits per heavy atom. The molecule has 0 bridgehead atoms. The summed E-state index contributed by atoms with van der Waals surface area (Å²) in [5.74, 6) is 0.750. The molecular weight excluding hydrogens is 345 g/mol. The van der Waals surface area contributed by atoms with E-state index >= 15 is 0 Å². The lowest BCUT2D eigenvalue weighted by molar-refractivity contribution is -0.0459. The molecule has 1 fully saturated rings. The Hall–Kier alpha value is -2.53. The summed E-state index contributed by atoms with van der Waals surface area (Å²) in [6.07, 6.45) is 3.21. The molecule has 1 saturated heterocycles. The maximum Gasteiger partial charge on any atom is 0.318 e. The second-order valence-corrected chi connectivity index (χ2v) is 7.03. The molecule has 142 valence electrons. The van der Waals surface area contributed by atoms with E-state index < -0.39 is 0 Å². The fraction of sp³-hybridized carbons (Fsp3) is 0.364. The van der Waals surface area contributed by atoms with Gasteiger partial charge in [-0.25, -0.2) is 4.39 Å². The summed E-state index contributed by atoms with van der Waals surface area (Å²) in [4.78, 5) is 0. The quantitative estimate of drug-likeness (QED) is 0.837. The van der Waals surface area contributed by atoms with Crippen molar-refractivity contribution in [3.05, 3.63) is 83.7 Å². The van der Waals surface area contributed by atoms with Crippen molar-refractivity contribution in [2.45, 2.75) is 24.9 Å². The van der Waals surface area contributed by atoms with Crippen LogP contribution in [-0.4, -0.2) is 26.0 Å². The average molecular weight is 369 g/mol. The molecule has 2 aromatic rings. The van der Waals surface area contributed by atoms with Crippen LogP contribution in [0.25, 0.3) is 0 Å². The molecule has 5 heteroatoms. The molecule has 2 aliphatic heterocycles. The zero-order valence-corrected chi connectivity index (χ0v) is 15.1. The van der Waals surface area contributed by atoms with Crippen LogP contribution >= 0.6 is 0 Å². The predicted octanol–water partition coefficient (Wildman–Crippen LogP) is 3.95. The van der Waals surface area contributed by atoms with E-state index in [4.69, 9.17) is 14.2 Å². The van der Waals surface area contributed by atoms with Crippen molar-refractivity contribution in [2.24, 2.45) is 5.92 Å². The molecule has 0 spiro atoms. The molecule has 0 amide bonds. The summed E-state index contributed by atoms with van der Waals surface area (Å²) >= 11 is 0. The molecule has 0 saturated carbocycles. The minimum absolute atomic E-state index is 0.0804. The van der Waals surface area contributed by atoms with Gasteiger partial charge in [0.05, 0.1) is 0 Å². The third-order valence-electron chi connectivity index (χ3n) is 5.30. The van der Waals surface area contributed by atoms with Crippen molar-refractivity contribution in [1.29, 1.82) is 0 Å². The fourth-order valence-corrected chi connectivity index (χ4v) is 3.96. The highest BCUT2D eigenvalue weighted by Crippen LogP contribution is 2.36. The lowest BCUT2D eigenvalue weighted by atomic mass is 9.76. The normalized spacial score (nSPS) is 23.1. The Labute approximate surface area is 158 Å². The Kier molecular flexibility index (Phi) is 5.58. The molecule has 0 aliphatic carbocycles. The highest BCUT2D eigenvalue weighted by atomic mass is 19.1. The van der Waals surface area contributed by atoms with Crippen LogP contribution in [0.4, 0.5) is 4.39 Å². The zero-order valence-electron chi connectivity index (χ0n) is 15.1. The van der Waals surface area contributed by atoms with Gasteiger partial charge in [-0.1, -0.05) is 42.5 Å². The van der Waals surface area contributed by atoms with Crippen molar-refractivity contribution in [3.8, 4) is 0 Å². The van der Waals surface area contributed by atoms with Crippen molar-refractivity contribution < 1.29 is 18.6 Å². The summed E-state index contributed by atoms with van der Waals surface area (Å²) in [6.45, 7) is 1.98. The van der Waals surface area contributed by atoms with Crippen LogP contribution < -0.4 is 5.32 Å². The molecule has 2 heterocycles. The maximum absolute atomic E-state index is 13.4. The Morgan fingerprint density at radius 2 is 1.93 bits per heavy atom. The fourth-order valence-electron chi connectivity index (χ4n) is 3.96. The summed E-state index contributed by atoms with van der Waals surface area (Å²) < 4.78 is 30.2. The molecule has 2 aromatic carbocycles. The molecular formula is C22H24FNO3. The predicted molar refractivity (Wildman–Crippen MR) is 100 cm³/mol. The van der Waals surface area contributed by atoms with Crippen LogP contribution in [0.5, 0.6) is 0 Å². The third kappa shape index (κ3) is 4.42. The molecule has 0 aromatic heterocycles. The first-order valence-corrected chi connectivity index (χ1v) is 9.41. The van der Waals surface area contributed by atoms with Gasteiger partial charge >= 0.3 is 5.95 Å². The van der Waals surface area contributed by atoms with E-state index in [-0.39, 0.29) is 24.6 Å². The topological polar surface area (TPSA) is 39.7 Å². The smallest absolute Gasteiger partial charge is 0.318 e. The maximum atomic E-state index is 13.4. The van der Waals surface area contributed by atoms with Gasteiger partial charge in [0.1, 0.15) is 11.9 Å². The zero-order chi connectivity index (χ0) is 18.5. The highest BCUT2D eigenvalue weighted by Gasteiger charge is 2.35. The van der Waals surface area contributed by atoms with Gasteiger partial charge in [-0.2, -0.15) is 0 Å². The van der Waals surface area contributed by atoms with Crippen LogP contribution in [0, 0.1) is 11.7 Å². The molecule has 27 heavy (non-hydrogen) atoms. The molecule has 2 aliphatic rings. The highest BCUT2D eigenvalue weighted by molar-refractivity contribution is 5.24. The number of hydrogen-bond acceptors (Lipinski definition) is 4. The van der Waals surface area contributed by atoms with Crippen molar-refractivity contribution in [1.82, 2.24) is 5.32 Å². The number of rotatable bonds is 6. The Bertz CT molecular complexity index is 763. The van der Waals surface area contributed by atoms with E-state index in [1.807, 2.05) is 30.3 Å². The summed E-state index contributed by atoms with van der Waals surface area (Å²) in [5, 5.41) is 3.49. The average Bonchev–Trinajstić information content (AvgIpc) is 3.22. The molecule has 4 rings (SSSR count). The van der Waals surface area contributed by atoms with Gasteiger partial charge in [-0.15, -0.1) is 0 Å². The SMILES string of the molecule is Fc1ccc(C2CCNCC2C(Cc2ccccc2)OC2=COCO2)cc1. The molecule has 3 atom stereocenters. The van der Waals surface area contributed by atoms with Gasteiger partial charge in [0.2, 0.25) is 6.79 Å². The van der Waals surface area contributed by atoms with E-state index in [2.05, 4.69) is 17.4 Å². The molecule has 1 N–H and O–H groups in total. The van der Waals surface area contributed by atoms with Gasteiger partial charge in [0.15, 0.2) is 6.26 Å². The van der Waals surface area contributed by atoms with Crippen LogP contribution in [0.15, 0.2) is 66.8 Å². The van der Waals surface area contributed by atoms with Gasteiger partial charge in [0, 0.05) is 18.9 Å². The van der Waals surface area contributed by atoms with Crippen LogP contribution in [-0.2, 0) is 20.6 Å². The first-order valence-electron chi connectivity index (χ1n) is 9.41. The van der Waals surface area contributed by atoms with Gasteiger partial charge in [-0.3, -0.25) is 0 Å². The molecule has 0 radical (unpaired) electrons. The van der Waals surface area contributed by atoms with Crippen molar-refractivity contribution in [3.63, 3.8) is 0 Å². The molecule has 3 unspecified atom stereocenters. The van der Waals surface area contributed by atoms with E-state index in [9.17, 15) is 4.39 Å². The summed E-state index contributed by atoms with van der Waals surface area (Å²) in [5.41, 5.74) is 2.37. The van der Waals surface area contributed by atoms with Crippen molar-refractivity contribution >= 4 is 0 Å². The minimum Gasteiger partial charge on any atom is -0.459 e.